The second-order valence-electron chi connectivity index (χ2n) is 4.87. The van der Waals surface area contributed by atoms with Gasteiger partial charge in [-0.15, -0.1) is 0 Å². The summed E-state index contributed by atoms with van der Waals surface area (Å²) in [6, 6.07) is 11.8. The van der Waals surface area contributed by atoms with Crippen molar-refractivity contribution >= 4 is 45.7 Å². The Morgan fingerprint density at radius 1 is 1.13 bits per heavy atom. The molecule has 0 aliphatic rings. The van der Waals surface area contributed by atoms with Crippen LogP contribution in [-0.2, 0) is 7.05 Å². The largest absolute Gasteiger partial charge is 0.319 e. The lowest BCUT2D eigenvalue weighted by molar-refractivity contribution is 0.101. The van der Waals surface area contributed by atoms with Crippen LogP contribution in [0.2, 0.25) is 10.0 Å². The number of hydrogen-bond acceptors (Lipinski definition) is 3. The molecular weight excluding hydrogens is 337 g/mol. The Bertz CT molecular complexity index is 983. The summed E-state index contributed by atoms with van der Waals surface area (Å²) in [5, 5.41) is 7.58. The number of amides is 1. The van der Waals surface area contributed by atoms with Crippen LogP contribution in [0.5, 0.6) is 0 Å². The van der Waals surface area contributed by atoms with E-state index in [4.69, 9.17) is 23.2 Å². The van der Waals surface area contributed by atoms with E-state index in [-0.39, 0.29) is 10.7 Å². The van der Waals surface area contributed by atoms with Crippen molar-refractivity contribution < 1.29 is 4.79 Å². The molecule has 7 heteroatoms. The highest BCUT2D eigenvalue weighted by atomic mass is 35.5. The summed E-state index contributed by atoms with van der Waals surface area (Å²) >= 11 is 12.0. The van der Waals surface area contributed by atoms with E-state index in [1.54, 1.807) is 49.5 Å². The fourth-order valence-corrected chi connectivity index (χ4v) is 2.60. The lowest BCUT2D eigenvalue weighted by Gasteiger charge is -2.09. The number of fused-ring (bicyclic) bond motifs is 1. The number of carbonyl (C=O) groups excluding carboxylic acids is 1. The molecule has 1 amide bonds. The van der Waals surface area contributed by atoms with Crippen molar-refractivity contribution in [2.24, 2.45) is 7.05 Å². The van der Waals surface area contributed by atoms with Crippen LogP contribution in [0.1, 0.15) is 10.5 Å². The minimum Gasteiger partial charge on any atom is -0.319 e. The zero-order valence-electron chi connectivity index (χ0n) is 12.0. The summed E-state index contributed by atoms with van der Waals surface area (Å²) in [4.78, 5) is 24.9. The first-order valence-corrected chi connectivity index (χ1v) is 7.46. The van der Waals surface area contributed by atoms with Crippen molar-refractivity contribution in [2.45, 2.75) is 0 Å². The van der Waals surface area contributed by atoms with Crippen molar-refractivity contribution in [3.8, 4) is 0 Å². The van der Waals surface area contributed by atoms with Gasteiger partial charge in [0.05, 0.1) is 21.2 Å². The molecule has 0 saturated heterocycles. The van der Waals surface area contributed by atoms with E-state index in [9.17, 15) is 9.59 Å². The summed E-state index contributed by atoms with van der Waals surface area (Å²) in [5.74, 6) is -0.638. The average molecular weight is 348 g/mol. The van der Waals surface area contributed by atoms with Crippen LogP contribution in [-0.4, -0.2) is 15.7 Å². The topological polar surface area (TPSA) is 64.0 Å². The fraction of sp³-hybridized carbons (Fsp3) is 0.0625. The normalized spacial score (nSPS) is 10.7. The predicted octanol–water partition coefficient (Wildman–Crippen LogP) is 3.49. The summed E-state index contributed by atoms with van der Waals surface area (Å²) in [6.07, 6.45) is 0. The molecule has 23 heavy (non-hydrogen) atoms. The average Bonchev–Trinajstić information content (AvgIpc) is 2.55. The maximum absolute atomic E-state index is 12.5. The number of carbonyl (C=O) groups is 1. The van der Waals surface area contributed by atoms with Crippen molar-refractivity contribution in [1.82, 2.24) is 9.78 Å². The van der Waals surface area contributed by atoms with Gasteiger partial charge in [0.25, 0.3) is 5.91 Å². The third-order valence-corrected chi connectivity index (χ3v) is 4.20. The van der Waals surface area contributed by atoms with Crippen LogP contribution in [0.4, 0.5) is 5.69 Å². The van der Waals surface area contributed by atoms with E-state index in [0.29, 0.717) is 21.6 Å². The Morgan fingerprint density at radius 2 is 1.87 bits per heavy atom. The first-order valence-electron chi connectivity index (χ1n) is 6.70. The molecule has 5 nitrogen and oxygen atoms in total. The SMILES string of the molecule is Cn1nc(C(=O)Nc2cccc(Cl)c2Cl)c(=O)c2ccccc21. The lowest BCUT2D eigenvalue weighted by Crippen LogP contribution is -2.26. The Morgan fingerprint density at radius 3 is 2.65 bits per heavy atom. The van der Waals surface area contributed by atoms with Gasteiger partial charge in [-0.1, -0.05) is 41.4 Å². The Labute approximate surface area is 141 Å². The molecule has 0 unspecified atom stereocenters. The number of anilines is 1. The van der Waals surface area contributed by atoms with Crippen LogP contribution >= 0.6 is 23.2 Å². The van der Waals surface area contributed by atoms with E-state index >= 15 is 0 Å². The van der Waals surface area contributed by atoms with E-state index in [2.05, 4.69) is 10.4 Å². The highest BCUT2D eigenvalue weighted by Crippen LogP contribution is 2.29. The molecule has 1 aromatic heterocycles. The number of aryl methyl sites for hydroxylation is 1. The van der Waals surface area contributed by atoms with Gasteiger partial charge >= 0.3 is 0 Å². The summed E-state index contributed by atoms with van der Waals surface area (Å²) in [5.41, 5.74) is 0.326. The maximum Gasteiger partial charge on any atom is 0.280 e. The number of para-hydroxylation sites is 1. The Hall–Kier alpha value is -2.37. The van der Waals surface area contributed by atoms with E-state index in [1.807, 2.05) is 0 Å². The number of aromatic nitrogens is 2. The van der Waals surface area contributed by atoms with Crippen molar-refractivity contribution in [2.75, 3.05) is 5.32 Å². The molecule has 3 rings (SSSR count). The van der Waals surface area contributed by atoms with Crippen molar-refractivity contribution in [3.05, 3.63) is 68.4 Å². The van der Waals surface area contributed by atoms with Gasteiger partial charge in [-0.3, -0.25) is 14.3 Å². The third kappa shape index (κ3) is 2.81. The van der Waals surface area contributed by atoms with Crippen LogP contribution in [0.3, 0.4) is 0 Å². The van der Waals surface area contributed by atoms with Gasteiger partial charge in [-0.2, -0.15) is 5.10 Å². The lowest BCUT2D eigenvalue weighted by atomic mass is 10.2. The number of rotatable bonds is 2. The van der Waals surface area contributed by atoms with Crippen LogP contribution in [0.15, 0.2) is 47.3 Å². The van der Waals surface area contributed by atoms with E-state index < -0.39 is 11.3 Å². The number of benzene rings is 2. The second kappa shape index (κ2) is 6.02. The van der Waals surface area contributed by atoms with Gasteiger partial charge in [0.2, 0.25) is 5.43 Å². The zero-order valence-corrected chi connectivity index (χ0v) is 13.5. The molecule has 2 aromatic carbocycles. The molecule has 3 aromatic rings. The first-order chi connectivity index (χ1) is 11.0. The molecule has 0 bridgehead atoms. The van der Waals surface area contributed by atoms with Gasteiger partial charge in [-0.25, -0.2) is 0 Å². The van der Waals surface area contributed by atoms with E-state index in [1.165, 1.54) is 4.68 Å². The smallest absolute Gasteiger partial charge is 0.280 e. The van der Waals surface area contributed by atoms with Gasteiger partial charge in [0.1, 0.15) is 0 Å². The molecule has 116 valence electrons. The first kappa shape index (κ1) is 15.5. The van der Waals surface area contributed by atoms with Gasteiger partial charge in [0, 0.05) is 12.4 Å². The Balaban J connectivity index is 2.07. The third-order valence-electron chi connectivity index (χ3n) is 3.38. The van der Waals surface area contributed by atoms with Crippen molar-refractivity contribution in [3.63, 3.8) is 0 Å². The molecule has 0 aliphatic carbocycles. The number of nitrogens with one attached hydrogen (secondary N) is 1. The predicted molar refractivity (Wildman–Crippen MR) is 91.4 cm³/mol. The minimum absolute atomic E-state index is 0.206. The van der Waals surface area contributed by atoms with Crippen molar-refractivity contribution in [1.29, 1.82) is 0 Å². The summed E-state index contributed by atoms with van der Waals surface area (Å²) < 4.78 is 1.49. The van der Waals surface area contributed by atoms with Gasteiger partial charge < -0.3 is 5.32 Å². The van der Waals surface area contributed by atoms with Crippen LogP contribution in [0.25, 0.3) is 10.9 Å². The fourth-order valence-electron chi connectivity index (χ4n) is 2.26. The summed E-state index contributed by atoms with van der Waals surface area (Å²) in [7, 11) is 1.67. The highest BCUT2D eigenvalue weighted by Gasteiger charge is 2.17. The zero-order chi connectivity index (χ0) is 16.6. The summed E-state index contributed by atoms with van der Waals surface area (Å²) in [6.45, 7) is 0. The molecule has 0 radical (unpaired) electrons. The molecule has 1 N–H and O–H groups in total. The van der Waals surface area contributed by atoms with E-state index in [0.717, 1.165) is 0 Å². The molecule has 0 fully saturated rings. The monoisotopic (exact) mass is 347 g/mol. The molecule has 0 atom stereocenters. The molecule has 1 heterocycles. The second-order valence-corrected chi connectivity index (χ2v) is 5.66. The van der Waals surface area contributed by atoms with Crippen LogP contribution in [0, 0.1) is 0 Å². The molecule has 0 aliphatic heterocycles. The maximum atomic E-state index is 12.5. The minimum atomic E-state index is -0.638. The van der Waals surface area contributed by atoms with Gasteiger partial charge in [0.15, 0.2) is 5.69 Å². The Kier molecular flexibility index (Phi) is 4.07. The molecule has 0 saturated carbocycles. The van der Waals surface area contributed by atoms with Gasteiger partial charge in [-0.05, 0) is 24.3 Å². The molecular formula is C16H11Cl2N3O2. The number of halogens is 2. The number of nitrogens with zero attached hydrogens (tertiary/aromatic N) is 2. The quantitative estimate of drug-likeness (QED) is 0.771. The molecule has 0 spiro atoms. The number of hydrogen-bond donors (Lipinski definition) is 1. The highest BCUT2D eigenvalue weighted by molar-refractivity contribution is 6.44. The van der Waals surface area contributed by atoms with Crippen LogP contribution < -0.4 is 10.7 Å². The standard InChI is InChI=1S/C16H11Cl2N3O2/c1-21-12-8-3-2-5-9(12)15(22)14(20-21)16(23)19-11-7-4-6-10(17)13(11)18/h2-8H,1H3,(H,19,23).